The molecule has 2 atom stereocenters. The molecule has 0 aliphatic carbocycles. The number of carbonyl (C=O) groups is 1. The molecule has 106 valence electrons. The topological polar surface area (TPSA) is 48.1 Å². The molecule has 1 aromatic carbocycles. The predicted molar refractivity (Wildman–Crippen MR) is 80.4 cm³/mol. The van der Waals surface area contributed by atoms with E-state index in [0.717, 1.165) is 23.7 Å². The number of rotatable bonds is 2. The number of aromatic nitrogens is 1. The Labute approximate surface area is 119 Å². The number of carbonyl (C=O) groups excluding carboxylic acids is 1. The number of nitrogens with one attached hydrogen (secondary N) is 2. The lowest BCUT2D eigenvalue weighted by Crippen LogP contribution is -2.54. The van der Waals surface area contributed by atoms with Crippen molar-refractivity contribution in [3.63, 3.8) is 0 Å². The molecule has 3 rings (SSSR count). The molecule has 1 aliphatic heterocycles. The Hall–Kier alpha value is -1.81. The SMILES string of the molecule is CC1CCCC(C)N1NC(=O)c1c[nH]c2ccccc12. The van der Waals surface area contributed by atoms with Crippen molar-refractivity contribution in [2.75, 3.05) is 0 Å². The molecular weight excluding hydrogens is 250 g/mol. The lowest BCUT2D eigenvalue weighted by molar-refractivity contribution is 0.0371. The van der Waals surface area contributed by atoms with Crippen LogP contribution in [0.2, 0.25) is 0 Å². The molecule has 1 aliphatic rings. The van der Waals surface area contributed by atoms with E-state index in [-0.39, 0.29) is 5.91 Å². The van der Waals surface area contributed by atoms with Crippen molar-refractivity contribution in [1.82, 2.24) is 15.4 Å². The summed E-state index contributed by atoms with van der Waals surface area (Å²) in [6.45, 7) is 4.34. The predicted octanol–water partition coefficient (Wildman–Crippen LogP) is 3.08. The molecular formula is C16H21N3O. The van der Waals surface area contributed by atoms with Crippen molar-refractivity contribution >= 4 is 16.8 Å². The van der Waals surface area contributed by atoms with E-state index in [2.05, 4.69) is 29.3 Å². The van der Waals surface area contributed by atoms with Crippen molar-refractivity contribution in [2.24, 2.45) is 0 Å². The molecule has 4 heteroatoms. The van der Waals surface area contributed by atoms with Gasteiger partial charge in [-0.05, 0) is 32.8 Å². The number of hydrogen-bond acceptors (Lipinski definition) is 2. The average molecular weight is 271 g/mol. The van der Waals surface area contributed by atoms with E-state index in [1.165, 1.54) is 6.42 Å². The number of aromatic amines is 1. The van der Waals surface area contributed by atoms with Crippen LogP contribution in [0.15, 0.2) is 30.5 Å². The van der Waals surface area contributed by atoms with Gasteiger partial charge in [0.15, 0.2) is 0 Å². The molecule has 20 heavy (non-hydrogen) atoms. The Bertz CT molecular complexity index is 609. The van der Waals surface area contributed by atoms with E-state index >= 15 is 0 Å². The first-order chi connectivity index (χ1) is 9.66. The molecule has 2 unspecified atom stereocenters. The molecule has 4 nitrogen and oxygen atoms in total. The summed E-state index contributed by atoms with van der Waals surface area (Å²) >= 11 is 0. The second-order valence-electron chi connectivity index (χ2n) is 5.73. The minimum atomic E-state index is -0.0250. The second-order valence-corrected chi connectivity index (χ2v) is 5.73. The summed E-state index contributed by atoms with van der Waals surface area (Å²) in [6.07, 6.45) is 5.30. The van der Waals surface area contributed by atoms with E-state index in [4.69, 9.17) is 0 Å². The summed E-state index contributed by atoms with van der Waals surface area (Å²) in [4.78, 5) is 15.7. The zero-order valence-electron chi connectivity index (χ0n) is 12.0. The number of para-hydroxylation sites is 1. The molecule has 2 aromatic rings. The first-order valence-electron chi connectivity index (χ1n) is 7.32. The highest BCUT2D eigenvalue weighted by molar-refractivity contribution is 6.06. The van der Waals surface area contributed by atoms with Crippen LogP contribution >= 0.6 is 0 Å². The maximum atomic E-state index is 12.5. The number of amides is 1. The van der Waals surface area contributed by atoms with Crippen molar-refractivity contribution in [3.05, 3.63) is 36.0 Å². The van der Waals surface area contributed by atoms with Crippen molar-refractivity contribution in [1.29, 1.82) is 0 Å². The fourth-order valence-electron chi connectivity index (χ4n) is 3.08. The maximum absolute atomic E-state index is 12.5. The lowest BCUT2D eigenvalue weighted by Gasteiger charge is -2.38. The van der Waals surface area contributed by atoms with Crippen LogP contribution in [0.4, 0.5) is 0 Å². The summed E-state index contributed by atoms with van der Waals surface area (Å²) in [6, 6.07) is 8.68. The summed E-state index contributed by atoms with van der Waals surface area (Å²) in [5.41, 5.74) is 4.80. The molecule has 1 aromatic heterocycles. The first kappa shape index (κ1) is 13.2. The van der Waals surface area contributed by atoms with Gasteiger partial charge in [0.1, 0.15) is 0 Å². The minimum Gasteiger partial charge on any atom is -0.360 e. The van der Waals surface area contributed by atoms with E-state index < -0.39 is 0 Å². The Kier molecular flexibility index (Phi) is 3.49. The van der Waals surface area contributed by atoms with E-state index in [1.54, 1.807) is 6.20 Å². The van der Waals surface area contributed by atoms with Crippen molar-refractivity contribution in [3.8, 4) is 0 Å². The number of hydrazine groups is 1. The zero-order chi connectivity index (χ0) is 14.1. The molecule has 2 N–H and O–H groups in total. The molecule has 0 saturated carbocycles. The first-order valence-corrected chi connectivity index (χ1v) is 7.32. The molecule has 0 radical (unpaired) electrons. The Morgan fingerprint density at radius 1 is 1.25 bits per heavy atom. The van der Waals surface area contributed by atoms with Crippen molar-refractivity contribution in [2.45, 2.75) is 45.2 Å². The number of benzene rings is 1. The molecule has 0 bridgehead atoms. The van der Waals surface area contributed by atoms with Gasteiger partial charge in [0, 0.05) is 29.2 Å². The molecule has 0 spiro atoms. The Morgan fingerprint density at radius 2 is 1.95 bits per heavy atom. The van der Waals surface area contributed by atoms with Gasteiger partial charge in [-0.1, -0.05) is 24.6 Å². The van der Waals surface area contributed by atoms with Crippen molar-refractivity contribution < 1.29 is 4.79 Å². The third-order valence-corrected chi connectivity index (χ3v) is 4.26. The smallest absolute Gasteiger partial charge is 0.267 e. The van der Waals surface area contributed by atoms with Gasteiger partial charge < -0.3 is 4.98 Å². The molecule has 1 amide bonds. The Morgan fingerprint density at radius 3 is 2.70 bits per heavy atom. The van der Waals surface area contributed by atoms with E-state index in [1.807, 2.05) is 24.3 Å². The zero-order valence-corrected chi connectivity index (χ0v) is 12.0. The van der Waals surface area contributed by atoms with Crippen LogP contribution in [-0.4, -0.2) is 28.0 Å². The van der Waals surface area contributed by atoms with Gasteiger partial charge in [0.05, 0.1) is 5.56 Å². The van der Waals surface area contributed by atoms with Crippen LogP contribution < -0.4 is 5.43 Å². The molecule has 1 fully saturated rings. The number of H-pyrrole nitrogens is 1. The summed E-state index contributed by atoms with van der Waals surface area (Å²) in [5, 5.41) is 3.08. The monoisotopic (exact) mass is 271 g/mol. The third kappa shape index (κ3) is 2.31. The van der Waals surface area contributed by atoms with Gasteiger partial charge in [-0.2, -0.15) is 0 Å². The number of piperidine rings is 1. The van der Waals surface area contributed by atoms with Crippen LogP contribution in [0.5, 0.6) is 0 Å². The van der Waals surface area contributed by atoms with E-state index in [9.17, 15) is 4.79 Å². The van der Waals surface area contributed by atoms with E-state index in [0.29, 0.717) is 17.6 Å². The minimum absolute atomic E-state index is 0.0250. The van der Waals surface area contributed by atoms with Crippen LogP contribution in [0.1, 0.15) is 43.5 Å². The number of hydrogen-bond donors (Lipinski definition) is 2. The van der Waals surface area contributed by atoms with Gasteiger partial charge in [-0.3, -0.25) is 10.2 Å². The van der Waals surface area contributed by atoms with Gasteiger partial charge in [0.2, 0.25) is 0 Å². The largest absolute Gasteiger partial charge is 0.360 e. The van der Waals surface area contributed by atoms with Crippen LogP contribution in [-0.2, 0) is 0 Å². The van der Waals surface area contributed by atoms with Gasteiger partial charge in [-0.15, -0.1) is 0 Å². The third-order valence-electron chi connectivity index (χ3n) is 4.26. The quantitative estimate of drug-likeness (QED) is 0.882. The lowest BCUT2D eigenvalue weighted by atomic mass is 10.00. The highest BCUT2D eigenvalue weighted by Gasteiger charge is 2.26. The Balaban J connectivity index is 1.82. The van der Waals surface area contributed by atoms with Gasteiger partial charge in [-0.25, -0.2) is 5.01 Å². The fourth-order valence-corrected chi connectivity index (χ4v) is 3.08. The number of nitrogens with zero attached hydrogens (tertiary/aromatic N) is 1. The maximum Gasteiger partial charge on any atom is 0.267 e. The molecule has 2 heterocycles. The molecule has 1 saturated heterocycles. The standard InChI is InChI=1S/C16H21N3O/c1-11-6-5-7-12(2)19(11)18-16(20)14-10-17-15-9-4-3-8-13(14)15/h3-4,8-12,17H,5-7H2,1-2H3,(H,18,20). The normalized spacial score (nSPS) is 23.9. The van der Waals surface area contributed by atoms with Crippen LogP contribution in [0, 0.1) is 0 Å². The van der Waals surface area contributed by atoms with Gasteiger partial charge in [0.25, 0.3) is 5.91 Å². The highest BCUT2D eigenvalue weighted by Crippen LogP contribution is 2.22. The van der Waals surface area contributed by atoms with Crippen LogP contribution in [0.3, 0.4) is 0 Å². The number of fused-ring (bicyclic) bond motifs is 1. The second kappa shape index (κ2) is 5.29. The summed E-state index contributed by atoms with van der Waals surface area (Å²) < 4.78 is 0. The van der Waals surface area contributed by atoms with Gasteiger partial charge >= 0.3 is 0 Å². The average Bonchev–Trinajstić information content (AvgIpc) is 2.87. The highest BCUT2D eigenvalue weighted by atomic mass is 16.2. The fraction of sp³-hybridized carbons (Fsp3) is 0.438. The van der Waals surface area contributed by atoms with Crippen LogP contribution in [0.25, 0.3) is 10.9 Å². The summed E-state index contributed by atoms with van der Waals surface area (Å²) in [5.74, 6) is -0.0250. The summed E-state index contributed by atoms with van der Waals surface area (Å²) in [7, 11) is 0.